The number of nitrogens with zero attached hydrogens (tertiary/aromatic N) is 1. The number of fused-ring (bicyclic) bond motifs is 1. The first-order valence-electron chi connectivity index (χ1n) is 6.70. The molecule has 1 saturated heterocycles. The zero-order valence-electron chi connectivity index (χ0n) is 11.0. The number of carbonyl (C=O) groups is 2. The van der Waals surface area contributed by atoms with Gasteiger partial charge >= 0.3 is 0 Å². The summed E-state index contributed by atoms with van der Waals surface area (Å²) in [6.45, 7) is 1.69. The minimum absolute atomic E-state index is 0.0211. The summed E-state index contributed by atoms with van der Waals surface area (Å²) in [7, 11) is 0. The monoisotopic (exact) mass is 291 g/mol. The van der Waals surface area contributed by atoms with Crippen molar-refractivity contribution in [1.29, 1.82) is 0 Å². The molecule has 20 heavy (non-hydrogen) atoms. The minimum Gasteiger partial charge on any atom is -0.368 e. The van der Waals surface area contributed by atoms with Gasteiger partial charge in [0, 0.05) is 30.3 Å². The van der Waals surface area contributed by atoms with Gasteiger partial charge in [-0.3, -0.25) is 9.59 Å². The van der Waals surface area contributed by atoms with Gasteiger partial charge in [-0.25, -0.2) is 0 Å². The third kappa shape index (κ3) is 2.29. The lowest BCUT2D eigenvalue weighted by atomic mass is 9.98. The number of hydrogen-bond donors (Lipinski definition) is 2. The molecular formula is C14H17N3O2S. The number of primary amides is 1. The van der Waals surface area contributed by atoms with Gasteiger partial charge in [-0.15, -0.1) is 11.8 Å². The summed E-state index contributed by atoms with van der Waals surface area (Å²) in [5, 5.41) is 3.11. The van der Waals surface area contributed by atoms with Crippen LogP contribution >= 0.6 is 11.8 Å². The maximum absolute atomic E-state index is 12.8. The van der Waals surface area contributed by atoms with E-state index in [0.717, 1.165) is 16.2 Å². The smallest absolute Gasteiger partial charge is 0.241 e. The van der Waals surface area contributed by atoms with Crippen LogP contribution in [-0.2, 0) is 9.59 Å². The third-order valence-corrected chi connectivity index (χ3v) is 5.04. The Labute approximate surface area is 121 Å². The highest BCUT2D eigenvalue weighted by Gasteiger charge is 2.37. The molecule has 2 amide bonds. The standard InChI is InChI=1S/C14H17N3O2S/c15-13(18)11-7-16-5-6-17(11)14(19)10-8-20-12-4-2-1-3-9(10)12/h1-4,10-11,16H,5-8H2,(H2,15,18). The van der Waals surface area contributed by atoms with Crippen molar-refractivity contribution in [2.45, 2.75) is 16.9 Å². The van der Waals surface area contributed by atoms with E-state index in [1.165, 1.54) is 0 Å². The first-order chi connectivity index (χ1) is 9.68. The second kappa shape index (κ2) is 5.46. The molecule has 1 aromatic carbocycles. The van der Waals surface area contributed by atoms with Crippen LogP contribution in [0.5, 0.6) is 0 Å². The van der Waals surface area contributed by atoms with Crippen molar-refractivity contribution >= 4 is 23.6 Å². The van der Waals surface area contributed by atoms with Crippen LogP contribution in [-0.4, -0.2) is 48.1 Å². The highest BCUT2D eigenvalue weighted by Crippen LogP contribution is 2.40. The van der Waals surface area contributed by atoms with E-state index in [-0.39, 0.29) is 11.8 Å². The zero-order valence-corrected chi connectivity index (χ0v) is 11.9. The Morgan fingerprint density at radius 2 is 2.15 bits per heavy atom. The molecule has 3 rings (SSSR count). The van der Waals surface area contributed by atoms with Gasteiger partial charge in [0.2, 0.25) is 11.8 Å². The number of nitrogens with one attached hydrogen (secondary N) is 1. The molecule has 0 radical (unpaired) electrons. The Morgan fingerprint density at radius 3 is 2.95 bits per heavy atom. The number of rotatable bonds is 2. The molecule has 1 fully saturated rings. The highest BCUT2D eigenvalue weighted by molar-refractivity contribution is 7.99. The quantitative estimate of drug-likeness (QED) is 0.814. The summed E-state index contributed by atoms with van der Waals surface area (Å²) in [6.07, 6.45) is 0. The summed E-state index contributed by atoms with van der Waals surface area (Å²) in [5.74, 6) is 0.168. The number of carbonyl (C=O) groups excluding carboxylic acids is 2. The fraction of sp³-hybridized carbons (Fsp3) is 0.429. The van der Waals surface area contributed by atoms with Gasteiger partial charge in [0.05, 0.1) is 5.92 Å². The molecule has 0 bridgehead atoms. The predicted molar refractivity (Wildman–Crippen MR) is 77.5 cm³/mol. The first-order valence-corrected chi connectivity index (χ1v) is 7.69. The molecule has 5 nitrogen and oxygen atoms in total. The fourth-order valence-corrected chi connectivity index (χ4v) is 4.01. The van der Waals surface area contributed by atoms with Crippen LogP contribution in [0.2, 0.25) is 0 Å². The topological polar surface area (TPSA) is 75.4 Å². The molecule has 2 aliphatic heterocycles. The second-order valence-corrected chi connectivity index (χ2v) is 6.12. The molecule has 106 valence electrons. The number of benzene rings is 1. The molecule has 6 heteroatoms. The van der Waals surface area contributed by atoms with Crippen LogP contribution in [0.1, 0.15) is 11.5 Å². The molecule has 2 heterocycles. The van der Waals surface area contributed by atoms with Crippen molar-refractivity contribution in [3.63, 3.8) is 0 Å². The van der Waals surface area contributed by atoms with Crippen molar-refractivity contribution in [3.05, 3.63) is 29.8 Å². The third-order valence-electron chi connectivity index (χ3n) is 3.85. The van der Waals surface area contributed by atoms with Gasteiger partial charge in [0.15, 0.2) is 0 Å². The largest absolute Gasteiger partial charge is 0.368 e. The van der Waals surface area contributed by atoms with Gasteiger partial charge < -0.3 is 16.0 Å². The fourth-order valence-electron chi connectivity index (χ4n) is 2.79. The summed E-state index contributed by atoms with van der Waals surface area (Å²) >= 11 is 1.70. The van der Waals surface area contributed by atoms with Crippen LogP contribution in [0.3, 0.4) is 0 Å². The Kier molecular flexibility index (Phi) is 3.67. The molecule has 2 unspecified atom stereocenters. The van der Waals surface area contributed by atoms with Crippen LogP contribution in [0.4, 0.5) is 0 Å². The lowest BCUT2D eigenvalue weighted by Gasteiger charge is -2.35. The van der Waals surface area contributed by atoms with Gasteiger partial charge in [0.1, 0.15) is 6.04 Å². The highest BCUT2D eigenvalue weighted by atomic mass is 32.2. The summed E-state index contributed by atoms with van der Waals surface area (Å²) in [6, 6.07) is 7.44. The van der Waals surface area contributed by atoms with E-state index in [9.17, 15) is 9.59 Å². The molecule has 0 saturated carbocycles. The van der Waals surface area contributed by atoms with Crippen molar-refractivity contribution in [1.82, 2.24) is 10.2 Å². The number of thioether (sulfide) groups is 1. The zero-order chi connectivity index (χ0) is 14.1. The number of nitrogens with two attached hydrogens (primary N) is 1. The summed E-state index contributed by atoms with van der Waals surface area (Å²) < 4.78 is 0. The van der Waals surface area contributed by atoms with E-state index in [2.05, 4.69) is 5.32 Å². The Morgan fingerprint density at radius 1 is 1.35 bits per heavy atom. The average Bonchev–Trinajstić information content (AvgIpc) is 2.90. The van der Waals surface area contributed by atoms with E-state index >= 15 is 0 Å². The minimum atomic E-state index is -0.533. The Bertz CT molecular complexity index is 549. The average molecular weight is 291 g/mol. The van der Waals surface area contributed by atoms with Gasteiger partial charge in [-0.05, 0) is 11.6 Å². The number of piperazine rings is 1. The van der Waals surface area contributed by atoms with Gasteiger partial charge in [0.25, 0.3) is 0 Å². The molecule has 1 aromatic rings. The molecule has 2 atom stereocenters. The number of hydrogen-bond acceptors (Lipinski definition) is 4. The van der Waals surface area contributed by atoms with Crippen LogP contribution < -0.4 is 11.1 Å². The normalized spacial score (nSPS) is 25.3. The van der Waals surface area contributed by atoms with Gasteiger partial charge in [-0.2, -0.15) is 0 Å². The van der Waals surface area contributed by atoms with E-state index in [0.29, 0.717) is 19.6 Å². The van der Waals surface area contributed by atoms with Crippen molar-refractivity contribution in [2.24, 2.45) is 5.73 Å². The van der Waals surface area contributed by atoms with Crippen LogP contribution in [0, 0.1) is 0 Å². The van der Waals surface area contributed by atoms with Gasteiger partial charge in [-0.1, -0.05) is 18.2 Å². The molecule has 3 N–H and O–H groups in total. The van der Waals surface area contributed by atoms with Crippen molar-refractivity contribution < 1.29 is 9.59 Å². The maximum Gasteiger partial charge on any atom is 0.241 e. The lowest BCUT2D eigenvalue weighted by Crippen LogP contribution is -2.59. The molecule has 2 aliphatic rings. The molecule has 0 aromatic heterocycles. The van der Waals surface area contributed by atoms with E-state index in [1.54, 1.807) is 16.7 Å². The Balaban J connectivity index is 1.84. The second-order valence-electron chi connectivity index (χ2n) is 5.06. The van der Waals surface area contributed by atoms with E-state index < -0.39 is 11.9 Å². The molecule has 0 spiro atoms. The summed E-state index contributed by atoms with van der Waals surface area (Å²) in [4.78, 5) is 27.1. The molecular weight excluding hydrogens is 274 g/mol. The van der Waals surface area contributed by atoms with Crippen LogP contribution in [0.15, 0.2) is 29.2 Å². The van der Waals surface area contributed by atoms with Crippen LogP contribution in [0.25, 0.3) is 0 Å². The maximum atomic E-state index is 12.8. The van der Waals surface area contributed by atoms with Crippen molar-refractivity contribution in [3.8, 4) is 0 Å². The Hall–Kier alpha value is -1.53. The predicted octanol–water partition coefficient (Wildman–Crippen LogP) is 0.162. The van der Waals surface area contributed by atoms with E-state index in [1.807, 2.05) is 24.3 Å². The first kappa shape index (κ1) is 13.5. The SMILES string of the molecule is NC(=O)C1CNCCN1C(=O)C1CSc2ccccc21. The lowest BCUT2D eigenvalue weighted by molar-refractivity contribution is -0.141. The van der Waals surface area contributed by atoms with Crippen molar-refractivity contribution in [2.75, 3.05) is 25.4 Å². The number of amides is 2. The molecule has 0 aliphatic carbocycles. The van der Waals surface area contributed by atoms with E-state index in [4.69, 9.17) is 5.73 Å². The summed E-state index contributed by atoms with van der Waals surface area (Å²) in [5.41, 5.74) is 6.48.